The van der Waals surface area contributed by atoms with Crippen LogP contribution in [0, 0.1) is 0 Å². The SMILES string of the molecule is O=C(O)c1c(O)ccc2ccccc12.[Ca]. The van der Waals surface area contributed by atoms with Crippen molar-refractivity contribution in [1.82, 2.24) is 0 Å². The van der Waals surface area contributed by atoms with Crippen molar-refractivity contribution in [1.29, 1.82) is 0 Å². The fourth-order valence-corrected chi connectivity index (χ4v) is 1.48. The van der Waals surface area contributed by atoms with Crippen LogP contribution in [0.3, 0.4) is 0 Å². The van der Waals surface area contributed by atoms with Gasteiger partial charge in [0.1, 0.15) is 11.3 Å². The predicted octanol–water partition coefficient (Wildman–Crippen LogP) is 1.86. The van der Waals surface area contributed by atoms with Crippen molar-refractivity contribution in [3.8, 4) is 5.75 Å². The number of carboxylic acids is 1. The number of rotatable bonds is 1. The number of aromatic hydroxyl groups is 1. The fourth-order valence-electron chi connectivity index (χ4n) is 1.48. The van der Waals surface area contributed by atoms with E-state index in [1.165, 1.54) is 6.07 Å². The van der Waals surface area contributed by atoms with Gasteiger partial charge < -0.3 is 10.2 Å². The molecule has 72 valence electrons. The third-order valence-electron chi connectivity index (χ3n) is 2.12. The Balaban J connectivity index is 0.00000112. The Morgan fingerprint density at radius 2 is 1.73 bits per heavy atom. The van der Waals surface area contributed by atoms with E-state index in [-0.39, 0.29) is 49.1 Å². The van der Waals surface area contributed by atoms with Crippen LogP contribution < -0.4 is 0 Å². The van der Waals surface area contributed by atoms with Gasteiger partial charge in [0.2, 0.25) is 0 Å². The largest absolute Gasteiger partial charge is 0.507 e. The molecule has 0 atom stereocenters. The van der Waals surface area contributed by atoms with Crippen molar-refractivity contribution in [2.24, 2.45) is 0 Å². The van der Waals surface area contributed by atoms with Crippen LogP contribution in [0.5, 0.6) is 5.75 Å². The first-order chi connectivity index (χ1) is 6.70. The van der Waals surface area contributed by atoms with Gasteiger partial charge in [-0.25, -0.2) is 4.79 Å². The van der Waals surface area contributed by atoms with Crippen LogP contribution in [0.15, 0.2) is 36.4 Å². The van der Waals surface area contributed by atoms with Crippen molar-refractivity contribution in [3.05, 3.63) is 42.0 Å². The summed E-state index contributed by atoms with van der Waals surface area (Å²) in [4.78, 5) is 10.9. The van der Waals surface area contributed by atoms with Gasteiger partial charge in [-0.1, -0.05) is 30.3 Å². The third-order valence-corrected chi connectivity index (χ3v) is 2.12. The van der Waals surface area contributed by atoms with E-state index in [9.17, 15) is 9.90 Å². The van der Waals surface area contributed by atoms with Crippen molar-refractivity contribution in [3.63, 3.8) is 0 Å². The maximum absolute atomic E-state index is 10.9. The van der Waals surface area contributed by atoms with Gasteiger partial charge in [-0.15, -0.1) is 0 Å². The Bertz CT molecular complexity index is 508. The minimum atomic E-state index is -1.11. The summed E-state index contributed by atoms with van der Waals surface area (Å²) >= 11 is 0. The molecule has 0 saturated carbocycles. The molecular formula is C11H8CaO3. The zero-order valence-electron chi connectivity index (χ0n) is 7.97. The summed E-state index contributed by atoms with van der Waals surface area (Å²) in [5, 5.41) is 19.7. The normalized spacial score (nSPS) is 9.60. The van der Waals surface area contributed by atoms with Gasteiger partial charge in [0, 0.05) is 37.7 Å². The molecule has 0 aliphatic heterocycles. The molecule has 0 fully saturated rings. The molecule has 2 N–H and O–H groups in total. The van der Waals surface area contributed by atoms with Crippen molar-refractivity contribution < 1.29 is 15.0 Å². The molecule has 0 spiro atoms. The smallest absolute Gasteiger partial charge is 0.340 e. The molecule has 0 unspecified atom stereocenters. The van der Waals surface area contributed by atoms with Crippen LogP contribution in [-0.2, 0) is 0 Å². The first kappa shape index (κ1) is 12.3. The van der Waals surface area contributed by atoms with Crippen LogP contribution in [0.25, 0.3) is 10.8 Å². The average molecular weight is 228 g/mol. The number of benzene rings is 2. The van der Waals surface area contributed by atoms with Gasteiger partial charge in [-0.2, -0.15) is 0 Å². The Hall–Kier alpha value is -0.770. The predicted molar refractivity (Wildman–Crippen MR) is 58.3 cm³/mol. The van der Waals surface area contributed by atoms with E-state index in [0.29, 0.717) is 5.39 Å². The number of phenols is 1. The number of hydrogen-bond donors (Lipinski definition) is 2. The van der Waals surface area contributed by atoms with E-state index in [0.717, 1.165) is 5.39 Å². The maximum Gasteiger partial charge on any atom is 0.340 e. The summed E-state index contributed by atoms with van der Waals surface area (Å²) in [6, 6.07) is 10.1. The zero-order valence-corrected chi connectivity index (χ0v) is 10.2. The van der Waals surface area contributed by atoms with Gasteiger partial charge in [0.15, 0.2) is 0 Å². The Kier molecular flexibility index (Phi) is 3.96. The van der Waals surface area contributed by atoms with Crippen LogP contribution in [-0.4, -0.2) is 53.9 Å². The Morgan fingerprint density at radius 1 is 1.07 bits per heavy atom. The molecule has 0 bridgehead atoms. The molecular weight excluding hydrogens is 220 g/mol. The molecule has 2 radical (unpaired) electrons. The third kappa shape index (κ3) is 2.25. The van der Waals surface area contributed by atoms with Crippen LogP contribution in [0.2, 0.25) is 0 Å². The van der Waals surface area contributed by atoms with E-state index >= 15 is 0 Å². The molecule has 2 aromatic carbocycles. The van der Waals surface area contributed by atoms with Gasteiger partial charge in [-0.3, -0.25) is 0 Å². The van der Waals surface area contributed by atoms with Gasteiger partial charge >= 0.3 is 5.97 Å². The summed E-state index contributed by atoms with van der Waals surface area (Å²) in [5.74, 6) is -1.31. The molecule has 0 aliphatic rings. The van der Waals surface area contributed by atoms with Gasteiger partial charge in [0.05, 0.1) is 0 Å². The molecule has 0 heterocycles. The van der Waals surface area contributed by atoms with Crippen LogP contribution >= 0.6 is 0 Å². The topological polar surface area (TPSA) is 57.5 Å². The van der Waals surface area contributed by atoms with E-state index in [1.807, 2.05) is 6.07 Å². The Morgan fingerprint density at radius 3 is 2.40 bits per heavy atom. The van der Waals surface area contributed by atoms with Gasteiger partial charge in [0.25, 0.3) is 0 Å². The number of carbonyl (C=O) groups is 1. The fraction of sp³-hybridized carbons (Fsp3) is 0. The summed E-state index contributed by atoms with van der Waals surface area (Å²) < 4.78 is 0. The zero-order chi connectivity index (χ0) is 10.1. The summed E-state index contributed by atoms with van der Waals surface area (Å²) in [6.07, 6.45) is 0. The summed E-state index contributed by atoms with van der Waals surface area (Å²) in [6.45, 7) is 0. The molecule has 4 heteroatoms. The maximum atomic E-state index is 10.9. The van der Waals surface area contributed by atoms with E-state index < -0.39 is 5.97 Å². The first-order valence-corrected chi connectivity index (χ1v) is 4.14. The van der Waals surface area contributed by atoms with Crippen molar-refractivity contribution >= 4 is 54.5 Å². The van der Waals surface area contributed by atoms with Gasteiger partial charge in [-0.05, 0) is 16.8 Å². The average Bonchev–Trinajstić information content (AvgIpc) is 2.17. The summed E-state index contributed by atoms with van der Waals surface area (Å²) in [5.41, 5.74) is -0.0388. The van der Waals surface area contributed by atoms with E-state index in [2.05, 4.69) is 0 Å². The molecule has 0 amide bonds. The molecule has 2 aromatic rings. The second-order valence-electron chi connectivity index (χ2n) is 2.99. The minimum absolute atomic E-state index is 0. The Labute approximate surface area is 116 Å². The molecule has 15 heavy (non-hydrogen) atoms. The summed E-state index contributed by atoms with van der Waals surface area (Å²) in [7, 11) is 0. The molecule has 0 aromatic heterocycles. The minimum Gasteiger partial charge on any atom is -0.507 e. The number of fused-ring (bicyclic) bond motifs is 1. The van der Waals surface area contributed by atoms with Crippen molar-refractivity contribution in [2.75, 3.05) is 0 Å². The van der Waals surface area contributed by atoms with Crippen molar-refractivity contribution in [2.45, 2.75) is 0 Å². The number of aromatic carboxylic acids is 1. The molecule has 3 nitrogen and oxygen atoms in total. The number of carboxylic acid groups (broad SMARTS) is 1. The molecule has 2 rings (SSSR count). The standard InChI is InChI=1S/C11H8O3.Ca/c12-9-6-5-7-3-1-2-4-8(7)10(9)11(13)14;/h1-6,12H,(H,13,14);. The number of hydrogen-bond acceptors (Lipinski definition) is 2. The molecule has 0 aliphatic carbocycles. The van der Waals surface area contributed by atoms with Crippen LogP contribution in [0.4, 0.5) is 0 Å². The second-order valence-corrected chi connectivity index (χ2v) is 2.99. The quantitative estimate of drug-likeness (QED) is 0.732. The second kappa shape index (κ2) is 4.84. The first-order valence-electron chi connectivity index (χ1n) is 4.14. The van der Waals surface area contributed by atoms with E-state index in [4.69, 9.17) is 5.11 Å². The van der Waals surface area contributed by atoms with Crippen LogP contribution in [0.1, 0.15) is 10.4 Å². The van der Waals surface area contributed by atoms with E-state index in [1.54, 1.807) is 24.3 Å². The molecule has 0 saturated heterocycles. The monoisotopic (exact) mass is 228 g/mol.